The second-order valence-electron chi connectivity index (χ2n) is 9.80. The Balaban J connectivity index is 1.33. The lowest BCUT2D eigenvalue weighted by molar-refractivity contribution is -0.129. The van der Waals surface area contributed by atoms with E-state index in [0.717, 1.165) is 36.2 Å². The molecule has 1 saturated heterocycles. The molecule has 3 aliphatic rings. The monoisotopic (exact) mass is 518 g/mol. The van der Waals surface area contributed by atoms with Crippen molar-refractivity contribution in [3.8, 4) is 11.5 Å². The molecular formula is C29H31FN4O4. The van der Waals surface area contributed by atoms with Crippen LogP contribution in [0.5, 0.6) is 11.5 Å². The van der Waals surface area contributed by atoms with Gasteiger partial charge in [0.1, 0.15) is 5.75 Å². The molecule has 5 rings (SSSR count). The van der Waals surface area contributed by atoms with E-state index in [0.29, 0.717) is 37.4 Å². The fourth-order valence-electron chi connectivity index (χ4n) is 5.11. The largest absolute Gasteiger partial charge is 0.496 e. The highest BCUT2D eigenvalue weighted by Crippen LogP contribution is 2.54. The lowest BCUT2D eigenvalue weighted by Gasteiger charge is -2.36. The van der Waals surface area contributed by atoms with Gasteiger partial charge in [-0.05, 0) is 42.3 Å². The van der Waals surface area contributed by atoms with E-state index < -0.39 is 17.3 Å². The SMILES string of the molecule is C=CC(=O)Nc1ccccc1OC1=NC2(Cc3ccc(N4CCN(C(C)=O)CC4)cc3OC)CC2C=C1F. The number of dihydropyridines is 1. The lowest BCUT2D eigenvalue weighted by atomic mass is 9.99. The van der Waals surface area contributed by atoms with Crippen molar-refractivity contribution in [2.24, 2.45) is 10.9 Å². The van der Waals surface area contributed by atoms with Crippen LogP contribution in [0.2, 0.25) is 0 Å². The second kappa shape index (κ2) is 10.3. The summed E-state index contributed by atoms with van der Waals surface area (Å²) in [4.78, 5) is 32.3. The summed E-state index contributed by atoms with van der Waals surface area (Å²) >= 11 is 0. The van der Waals surface area contributed by atoms with Gasteiger partial charge in [-0.2, -0.15) is 0 Å². The predicted octanol–water partition coefficient (Wildman–Crippen LogP) is 4.13. The fourth-order valence-corrected chi connectivity index (χ4v) is 5.11. The smallest absolute Gasteiger partial charge is 0.251 e. The molecule has 2 amide bonds. The minimum atomic E-state index is -0.514. The van der Waals surface area contributed by atoms with Crippen LogP contribution in [-0.4, -0.2) is 61.4 Å². The number of para-hydroxylation sites is 2. The van der Waals surface area contributed by atoms with Crippen molar-refractivity contribution in [2.45, 2.75) is 25.3 Å². The van der Waals surface area contributed by atoms with E-state index in [-0.39, 0.29) is 17.7 Å². The number of amides is 2. The van der Waals surface area contributed by atoms with Gasteiger partial charge in [-0.15, -0.1) is 0 Å². The fraction of sp³-hybridized carbons (Fsp3) is 0.345. The highest BCUT2D eigenvalue weighted by atomic mass is 19.1. The summed E-state index contributed by atoms with van der Waals surface area (Å²) in [6.45, 7) is 7.97. The Hall–Kier alpha value is -4.14. The number of hydrogen-bond donors (Lipinski definition) is 1. The third-order valence-electron chi connectivity index (χ3n) is 7.37. The minimum absolute atomic E-state index is 0.0189. The number of aliphatic imine (C=N–C) groups is 1. The number of nitrogens with zero attached hydrogens (tertiary/aromatic N) is 3. The van der Waals surface area contributed by atoms with Gasteiger partial charge >= 0.3 is 0 Å². The summed E-state index contributed by atoms with van der Waals surface area (Å²) in [6, 6.07) is 12.9. The average molecular weight is 519 g/mol. The van der Waals surface area contributed by atoms with E-state index in [9.17, 15) is 14.0 Å². The number of benzene rings is 2. The molecule has 2 atom stereocenters. The van der Waals surface area contributed by atoms with Gasteiger partial charge in [0.15, 0.2) is 11.6 Å². The van der Waals surface area contributed by atoms with Crippen molar-refractivity contribution >= 4 is 29.1 Å². The van der Waals surface area contributed by atoms with Crippen molar-refractivity contribution in [2.75, 3.05) is 43.5 Å². The number of carbonyl (C=O) groups is 2. The molecule has 2 heterocycles. The van der Waals surface area contributed by atoms with E-state index in [2.05, 4.69) is 22.9 Å². The third kappa shape index (κ3) is 5.14. The first-order valence-corrected chi connectivity index (χ1v) is 12.7. The molecular weight excluding hydrogens is 487 g/mol. The van der Waals surface area contributed by atoms with Crippen LogP contribution in [0.15, 0.2) is 72.0 Å². The second-order valence-corrected chi connectivity index (χ2v) is 9.80. The maximum Gasteiger partial charge on any atom is 0.251 e. The molecule has 0 spiro atoms. The van der Waals surface area contributed by atoms with Gasteiger partial charge < -0.3 is 24.6 Å². The first-order valence-electron chi connectivity index (χ1n) is 12.7. The Bertz CT molecular complexity index is 1330. The van der Waals surface area contributed by atoms with E-state index in [1.807, 2.05) is 17.0 Å². The van der Waals surface area contributed by atoms with Crippen molar-refractivity contribution in [3.63, 3.8) is 0 Å². The van der Waals surface area contributed by atoms with Crippen LogP contribution in [0.4, 0.5) is 15.8 Å². The van der Waals surface area contributed by atoms with Crippen LogP contribution in [0, 0.1) is 5.92 Å². The van der Waals surface area contributed by atoms with E-state index >= 15 is 0 Å². The maximum absolute atomic E-state index is 14.9. The number of anilines is 2. The van der Waals surface area contributed by atoms with Gasteiger partial charge in [0.25, 0.3) is 5.90 Å². The summed E-state index contributed by atoms with van der Waals surface area (Å²) in [5.41, 5.74) is 1.92. The normalized spacial score (nSPS) is 22.0. The molecule has 0 bridgehead atoms. The summed E-state index contributed by atoms with van der Waals surface area (Å²) in [7, 11) is 1.64. The molecule has 198 valence electrons. The van der Waals surface area contributed by atoms with Crippen molar-refractivity contribution < 1.29 is 23.5 Å². The van der Waals surface area contributed by atoms with Gasteiger partial charge in [0.2, 0.25) is 11.8 Å². The molecule has 9 heteroatoms. The molecule has 0 radical (unpaired) electrons. The molecule has 1 saturated carbocycles. The van der Waals surface area contributed by atoms with Crippen LogP contribution in [0.1, 0.15) is 18.9 Å². The van der Waals surface area contributed by atoms with Gasteiger partial charge in [0.05, 0.1) is 18.3 Å². The Labute approximate surface area is 221 Å². The molecule has 2 aliphatic heterocycles. The number of hydrogen-bond acceptors (Lipinski definition) is 6. The van der Waals surface area contributed by atoms with Crippen LogP contribution in [0.3, 0.4) is 0 Å². The molecule has 0 aromatic heterocycles. The molecule has 2 aromatic rings. The summed E-state index contributed by atoms with van der Waals surface area (Å²) in [5.74, 6) is 0.126. The van der Waals surface area contributed by atoms with Gasteiger partial charge in [-0.3, -0.25) is 9.59 Å². The Morgan fingerprint density at radius 2 is 1.95 bits per heavy atom. The molecule has 8 nitrogen and oxygen atoms in total. The van der Waals surface area contributed by atoms with Crippen molar-refractivity contribution in [1.29, 1.82) is 0 Å². The minimum Gasteiger partial charge on any atom is -0.496 e. The van der Waals surface area contributed by atoms with E-state index in [1.54, 1.807) is 44.4 Å². The zero-order chi connectivity index (χ0) is 26.9. The molecule has 2 unspecified atom stereocenters. The highest BCUT2D eigenvalue weighted by Gasteiger charge is 2.56. The van der Waals surface area contributed by atoms with E-state index in [4.69, 9.17) is 14.5 Å². The van der Waals surface area contributed by atoms with Crippen molar-refractivity contribution in [3.05, 3.63) is 72.6 Å². The van der Waals surface area contributed by atoms with Crippen LogP contribution in [0.25, 0.3) is 0 Å². The zero-order valence-corrected chi connectivity index (χ0v) is 21.6. The number of fused-ring (bicyclic) bond motifs is 1. The van der Waals surface area contributed by atoms with Gasteiger partial charge in [-0.1, -0.05) is 24.8 Å². The number of nitrogens with one attached hydrogen (secondary N) is 1. The first kappa shape index (κ1) is 25.5. The lowest BCUT2D eigenvalue weighted by Crippen LogP contribution is -2.48. The van der Waals surface area contributed by atoms with Crippen LogP contribution < -0.4 is 19.7 Å². The maximum atomic E-state index is 14.9. The number of ether oxygens (including phenoxy) is 2. The van der Waals surface area contributed by atoms with Crippen molar-refractivity contribution in [1.82, 2.24) is 4.90 Å². The molecule has 1 aliphatic carbocycles. The van der Waals surface area contributed by atoms with Gasteiger partial charge in [-0.25, -0.2) is 9.38 Å². The summed E-state index contributed by atoms with van der Waals surface area (Å²) in [6.07, 6.45) is 4.01. The quantitative estimate of drug-likeness (QED) is 0.558. The molecule has 2 aromatic carbocycles. The number of carbonyl (C=O) groups excluding carboxylic acids is 2. The molecule has 1 N–H and O–H groups in total. The highest BCUT2D eigenvalue weighted by molar-refractivity contribution is 6.01. The Morgan fingerprint density at radius 1 is 1.18 bits per heavy atom. The van der Waals surface area contributed by atoms with Crippen LogP contribution >= 0.6 is 0 Å². The number of methoxy groups -OCH3 is 1. The predicted molar refractivity (Wildman–Crippen MR) is 145 cm³/mol. The van der Waals surface area contributed by atoms with E-state index in [1.165, 1.54) is 0 Å². The standard InChI is InChI=1S/C29H31FN4O4/c1-4-27(36)31-24-7-5-6-8-25(24)38-28-23(30)15-21-18-29(21,32-28)17-20-9-10-22(16-26(20)37-3)34-13-11-33(12-14-34)19(2)35/h4-10,15-16,21H,1,11-14,17-18H2,2-3H3,(H,31,36). The third-order valence-corrected chi connectivity index (χ3v) is 7.37. The van der Waals surface area contributed by atoms with Gasteiger partial charge in [0, 0.05) is 57.2 Å². The Kier molecular flexibility index (Phi) is 6.93. The zero-order valence-electron chi connectivity index (χ0n) is 21.6. The summed E-state index contributed by atoms with van der Waals surface area (Å²) in [5, 5.41) is 2.67. The Morgan fingerprint density at radius 3 is 2.66 bits per heavy atom. The molecule has 2 fully saturated rings. The number of rotatable bonds is 7. The summed E-state index contributed by atoms with van der Waals surface area (Å²) < 4.78 is 26.5. The molecule has 38 heavy (non-hydrogen) atoms. The topological polar surface area (TPSA) is 83.5 Å². The first-order chi connectivity index (χ1) is 18.3. The van der Waals surface area contributed by atoms with Crippen LogP contribution in [-0.2, 0) is 16.0 Å². The number of halogens is 1. The number of piperazine rings is 1. The average Bonchev–Trinajstić information content (AvgIpc) is 3.61.